The number of nitrogens with zero attached hydrogens (tertiary/aromatic N) is 4. The van der Waals surface area contributed by atoms with Crippen LogP contribution in [0.1, 0.15) is 0 Å². The lowest BCUT2D eigenvalue weighted by Gasteiger charge is -1.99. The molecule has 0 aromatic heterocycles. The quantitative estimate of drug-likeness (QED) is 0.477. The number of hydrogen-bond donors (Lipinski definition) is 0. The summed E-state index contributed by atoms with van der Waals surface area (Å²) in [4.78, 5) is 15.4. The Bertz CT molecular complexity index is 957. The Kier molecular flexibility index (Phi) is 2.70. The van der Waals surface area contributed by atoms with E-state index in [1.54, 1.807) is 24.3 Å². The van der Waals surface area contributed by atoms with Gasteiger partial charge < -0.3 is 10.6 Å². The lowest BCUT2D eigenvalue weighted by atomic mass is 10.1. The molecule has 0 aliphatic rings. The summed E-state index contributed by atoms with van der Waals surface area (Å²) in [6, 6.07) is 14.2. The molecule has 0 spiro atoms. The van der Waals surface area contributed by atoms with Gasteiger partial charge in [-0.25, -0.2) is 0 Å². The van der Waals surface area contributed by atoms with Crippen LogP contribution < -0.4 is 5.43 Å². The fraction of sp³-hybridized carbons (Fsp3) is 0. The summed E-state index contributed by atoms with van der Waals surface area (Å²) in [6.45, 7) is 0. The molecule has 0 fully saturated rings. The smallest absolute Gasteiger partial charge is 0.441 e. The van der Waals surface area contributed by atoms with Gasteiger partial charge in [0.2, 0.25) is 5.39 Å². The third-order valence-electron chi connectivity index (χ3n) is 3.28. The summed E-state index contributed by atoms with van der Waals surface area (Å²) >= 11 is 0. The van der Waals surface area contributed by atoms with E-state index in [-0.39, 0.29) is 11.4 Å². The first-order chi connectivity index (χ1) is 9.77. The van der Waals surface area contributed by atoms with Crippen LogP contribution in [0.5, 0.6) is 0 Å². The van der Waals surface area contributed by atoms with E-state index in [0.717, 1.165) is 10.8 Å². The number of fused-ring (bicyclic) bond motifs is 3. The number of hydrogen-bond acceptors (Lipinski definition) is 3. The minimum Gasteiger partial charge on any atom is -0.706 e. The molecule has 0 saturated carbocycles. The normalized spacial score (nSPS) is 10.3. The average molecular weight is 260 g/mol. The van der Waals surface area contributed by atoms with E-state index in [2.05, 4.69) is 10.1 Å². The fourth-order valence-corrected chi connectivity index (χ4v) is 2.40. The van der Waals surface area contributed by atoms with Gasteiger partial charge >= 0.3 is 5.69 Å². The molecule has 0 aliphatic carbocycles. The third kappa shape index (κ3) is 1.56. The van der Waals surface area contributed by atoms with Crippen molar-refractivity contribution in [3.05, 3.63) is 69.3 Å². The monoisotopic (exact) mass is 260 g/mol. The largest absolute Gasteiger partial charge is 0.706 e. The lowest BCUT2D eigenvalue weighted by Crippen LogP contribution is -1.95. The molecule has 0 N–H and O–H groups in total. The molecule has 3 aromatic rings. The minimum absolute atomic E-state index is 0.135. The summed E-state index contributed by atoms with van der Waals surface area (Å²) in [6.07, 6.45) is 0. The van der Waals surface area contributed by atoms with Crippen molar-refractivity contribution in [2.24, 2.45) is 5.11 Å². The molecular formula is C15H8N4O. The van der Waals surface area contributed by atoms with Crippen LogP contribution in [0.2, 0.25) is 0 Å². The molecule has 5 nitrogen and oxygen atoms in total. The predicted molar refractivity (Wildman–Crippen MR) is 77.9 cm³/mol. The Labute approximate surface area is 113 Å². The molecule has 0 bridgehead atoms. The average Bonchev–Trinajstić information content (AvgIpc) is 2.59. The second-order valence-electron chi connectivity index (χ2n) is 4.32. The van der Waals surface area contributed by atoms with Crippen LogP contribution in [0, 0.1) is 5.39 Å². The molecule has 3 aromatic carbocycles. The molecule has 3 rings (SSSR count). The molecule has 0 unspecified atom stereocenters. The van der Waals surface area contributed by atoms with Gasteiger partial charge in [0.1, 0.15) is 5.69 Å². The van der Waals surface area contributed by atoms with Gasteiger partial charge in [0, 0.05) is 5.39 Å². The van der Waals surface area contributed by atoms with Crippen LogP contribution in [0.4, 0.5) is 11.4 Å². The highest BCUT2D eigenvalue weighted by Crippen LogP contribution is 2.32. The molecule has 0 atom stereocenters. The summed E-state index contributed by atoms with van der Waals surface area (Å²) < 4.78 is 0. The molecule has 20 heavy (non-hydrogen) atoms. The standard InChI is InChI=1S/C15H8N4O/c16-18-13-11-7-3-1-5-9(11)10-6-2-4-8-12(10)14(19-17)15(13)20/h1-8H. The highest BCUT2D eigenvalue weighted by Gasteiger charge is 2.21. The molecular weight excluding hydrogens is 252 g/mol. The Morgan fingerprint density at radius 1 is 0.900 bits per heavy atom. The van der Waals surface area contributed by atoms with Crippen LogP contribution in [-0.2, 0) is 0 Å². The van der Waals surface area contributed by atoms with E-state index in [9.17, 15) is 4.79 Å². The van der Waals surface area contributed by atoms with E-state index in [4.69, 9.17) is 10.9 Å². The Balaban J connectivity index is 2.84. The van der Waals surface area contributed by atoms with Crippen molar-refractivity contribution in [3.63, 3.8) is 0 Å². The van der Waals surface area contributed by atoms with Gasteiger partial charge in [-0.05, 0) is 16.8 Å². The number of benzene rings is 2. The molecule has 0 amide bonds. The van der Waals surface area contributed by atoms with Crippen molar-refractivity contribution >= 4 is 32.9 Å². The van der Waals surface area contributed by atoms with E-state index in [1.165, 1.54) is 0 Å². The second kappa shape index (κ2) is 4.52. The topological polar surface area (TPSA) is 79.9 Å². The zero-order valence-electron chi connectivity index (χ0n) is 10.3. The van der Waals surface area contributed by atoms with E-state index in [0.29, 0.717) is 10.8 Å². The van der Waals surface area contributed by atoms with E-state index >= 15 is 0 Å². The van der Waals surface area contributed by atoms with Gasteiger partial charge in [0.25, 0.3) is 5.43 Å². The van der Waals surface area contributed by atoms with E-state index < -0.39 is 5.43 Å². The van der Waals surface area contributed by atoms with Crippen LogP contribution >= 0.6 is 0 Å². The maximum Gasteiger partial charge on any atom is 0.441 e. The van der Waals surface area contributed by atoms with Gasteiger partial charge in [0.15, 0.2) is 4.98 Å². The van der Waals surface area contributed by atoms with Gasteiger partial charge in [0.05, 0.1) is 5.39 Å². The molecule has 5 heteroatoms. The molecule has 94 valence electrons. The predicted octanol–water partition coefficient (Wildman–Crippen LogP) is 4.49. The number of rotatable bonds is 1. The summed E-state index contributed by atoms with van der Waals surface area (Å²) in [5.74, 6) is 0. The van der Waals surface area contributed by atoms with Crippen LogP contribution in [0.15, 0.2) is 58.4 Å². The van der Waals surface area contributed by atoms with Gasteiger partial charge in [-0.2, -0.15) is 0 Å². The first-order valence-electron chi connectivity index (χ1n) is 5.96. The molecule has 0 heterocycles. The van der Waals surface area contributed by atoms with Crippen molar-refractivity contribution < 1.29 is 0 Å². The fourth-order valence-electron chi connectivity index (χ4n) is 2.40. The number of diazo groups is 1. The van der Waals surface area contributed by atoms with Gasteiger partial charge in [-0.3, -0.25) is 4.79 Å². The van der Waals surface area contributed by atoms with Crippen molar-refractivity contribution in [2.45, 2.75) is 0 Å². The zero-order chi connectivity index (χ0) is 14.1. The van der Waals surface area contributed by atoms with Crippen LogP contribution in [-0.4, -0.2) is 0 Å². The molecule has 0 aliphatic heterocycles. The summed E-state index contributed by atoms with van der Waals surface area (Å²) in [5.41, 5.74) is 8.27. The van der Waals surface area contributed by atoms with Crippen LogP contribution in [0.3, 0.4) is 0 Å². The van der Waals surface area contributed by atoms with Crippen LogP contribution in [0.25, 0.3) is 32.1 Å². The van der Waals surface area contributed by atoms with Crippen molar-refractivity contribution in [3.8, 4) is 0 Å². The highest BCUT2D eigenvalue weighted by molar-refractivity contribution is 6.13. The maximum absolute atomic E-state index is 12.4. The Morgan fingerprint density at radius 2 is 1.40 bits per heavy atom. The SMILES string of the molecule is N#[N+]c1c(=O)c(N=[N-])c2ccccc2c2ccccc12. The lowest BCUT2D eigenvalue weighted by molar-refractivity contribution is 1.44. The molecule has 0 saturated heterocycles. The Morgan fingerprint density at radius 3 is 1.95 bits per heavy atom. The summed E-state index contributed by atoms with van der Waals surface area (Å²) in [7, 11) is 0. The minimum atomic E-state index is -0.618. The van der Waals surface area contributed by atoms with Crippen molar-refractivity contribution in [1.29, 1.82) is 5.39 Å². The zero-order valence-corrected chi connectivity index (χ0v) is 10.3. The van der Waals surface area contributed by atoms with E-state index in [1.807, 2.05) is 24.3 Å². The van der Waals surface area contributed by atoms with Gasteiger partial charge in [-0.15, -0.1) is 0 Å². The Hall–Kier alpha value is -3.13. The maximum atomic E-state index is 12.4. The second-order valence-corrected chi connectivity index (χ2v) is 4.32. The third-order valence-corrected chi connectivity index (χ3v) is 3.28. The summed E-state index contributed by atoms with van der Waals surface area (Å²) in [5, 5.41) is 14.8. The first-order valence-corrected chi connectivity index (χ1v) is 5.96. The van der Waals surface area contributed by atoms with Crippen molar-refractivity contribution in [2.75, 3.05) is 0 Å². The molecule has 0 radical (unpaired) electrons. The first kappa shape index (κ1) is 11.9. The van der Waals surface area contributed by atoms with Crippen molar-refractivity contribution in [1.82, 2.24) is 0 Å². The highest BCUT2D eigenvalue weighted by atomic mass is 16.1. The van der Waals surface area contributed by atoms with Gasteiger partial charge in [-0.1, -0.05) is 42.5 Å².